The van der Waals surface area contributed by atoms with Crippen molar-refractivity contribution in [3.63, 3.8) is 0 Å². The summed E-state index contributed by atoms with van der Waals surface area (Å²) in [6.45, 7) is 6.26. The predicted molar refractivity (Wildman–Crippen MR) is 117 cm³/mol. The molecule has 156 valence electrons. The SMILES string of the molecule is Cn1cnc2c(CN(C(=O)O)C(C)(C)C)nc3[nH]c(-c4ccc(CN)cc4)cc3c21. The van der Waals surface area contributed by atoms with E-state index in [0.717, 1.165) is 27.7 Å². The Morgan fingerprint density at radius 2 is 1.97 bits per heavy atom. The van der Waals surface area contributed by atoms with E-state index in [2.05, 4.69) is 16.0 Å². The number of carboxylic acid groups (broad SMARTS) is 1. The van der Waals surface area contributed by atoms with Crippen molar-refractivity contribution < 1.29 is 9.90 Å². The molecule has 4 aromatic rings. The second-order valence-corrected chi connectivity index (χ2v) is 8.50. The third kappa shape index (κ3) is 3.39. The molecular formula is C22H26N6O2. The van der Waals surface area contributed by atoms with E-state index in [4.69, 9.17) is 10.7 Å². The van der Waals surface area contributed by atoms with Gasteiger partial charge in [0, 0.05) is 30.2 Å². The minimum absolute atomic E-state index is 0.155. The van der Waals surface area contributed by atoms with Gasteiger partial charge in [-0.3, -0.25) is 4.90 Å². The highest BCUT2D eigenvalue weighted by Gasteiger charge is 2.28. The molecule has 0 fully saturated rings. The molecule has 0 saturated carbocycles. The van der Waals surface area contributed by atoms with Crippen molar-refractivity contribution in [3.05, 3.63) is 47.9 Å². The van der Waals surface area contributed by atoms with Crippen LogP contribution in [-0.2, 0) is 20.1 Å². The molecule has 1 amide bonds. The van der Waals surface area contributed by atoms with E-state index in [1.165, 1.54) is 4.90 Å². The lowest BCUT2D eigenvalue weighted by molar-refractivity contribution is 0.0950. The summed E-state index contributed by atoms with van der Waals surface area (Å²) in [5.74, 6) is 0. The molecule has 1 aromatic carbocycles. The number of nitrogens with zero attached hydrogens (tertiary/aromatic N) is 4. The van der Waals surface area contributed by atoms with Gasteiger partial charge in [0.1, 0.15) is 11.2 Å². The molecule has 0 aliphatic carbocycles. The number of amides is 1. The fourth-order valence-electron chi connectivity index (χ4n) is 3.69. The Kier molecular flexibility index (Phi) is 4.74. The second-order valence-electron chi connectivity index (χ2n) is 8.50. The van der Waals surface area contributed by atoms with Crippen LogP contribution < -0.4 is 5.73 Å². The Morgan fingerprint density at radius 1 is 1.27 bits per heavy atom. The Labute approximate surface area is 174 Å². The third-order valence-corrected chi connectivity index (χ3v) is 5.36. The lowest BCUT2D eigenvalue weighted by Crippen LogP contribution is -2.44. The van der Waals surface area contributed by atoms with Gasteiger partial charge in [-0.25, -0.2) is 14.8 Å². The van der Waals surface area contributed by atoms with E-state index >= 15 is 0 Å². The van der Waals surface area contributed by atoms with Crippen molar-refractivity contribution in [1.29, 1.82) is 0 Å². The molecule has 0 spiro atoms. The monoisotopic (exact) mass is 406 g/mol. The molecule has 30 heavy (non-hydrogen) atoms. The molecule has 3 heterocycles. The molecule has 8 nitrogen and oxygen atoms in total. The maximum absolute atomic E-state index is 11.9. The van der Waals surface area contributed by atoms with Crippen molar-refractivity contribution in [3.8, 4) is 11.3 Å². The molecule has 3 aromatic heterocycles. The summed E-state index contributed by atoms with van der Waals surface area (Å²) in [6, 6.07) is 10.1. The number of aryl methyl sites for hydroxylation is 1. The molecule has 8 heteroatoms. The van der Waals surface area contributed by atoms with E-state index in [1.807, 2.05) is 56.7 Å². The number of benzene rings is 1. The van der Waals surface area contributed by atoms with Crippen LogP contribution in [0, 0.1) is 0 Å². The van der Waals surface area contributed by atoms with Crippen LogP contribution in [0.15, 0.2) is 36.7 Å². The van der Waals surface area contributed by atoms with Gasteiger partial charge < -0.3 is 20.4 Å². The summed E-state index contributed by atoms with van der Waals surface area (Å²) in [4.78, 5) is 25.9. The minimum atomic E-state index is -0.986. The first-order chi connectivity index (χ1) is 14.2. The van der Waals surface area contributed by atoms with Crippen molar-refractivity contribution in [1.82, 2.24) is 24.4 Å². The molecular weight excluding hydrogens is 380 g/mol. The normalized spacial score (nSPS) is 12.0. The molecule has 4 N–H and O–H groups in total. The van der Waals surface area contributed by atoms with E-state index in [-0.39, 0.29) is 6.54 Å². The molecule has 4 rings (SSSR count). The number of hydrogen-bond donors (Lipinski definition) is 3. The first kappa shape index (κ1) is 19.9. The highest BCUT2D eigenvalue weighted by Crippen LogP contribution is 2.31. The number of rotatable bonds is 4. The highest BCUT2D eigenvalue weighted by atomic mass is 16.4. The van der Waals surface area contributed by atoms with Gasteiger partial charge in [-0.2, -0.15) is 0 Å². The van der Waals surface area contributed by atoms with Crippen LogP contribution in [0.5, 0.6) is 0 Å². The Morgan fingerprint density at radius 3 is 2.57 bits per heavy atom. The summed E-state index contributed by atoms with van der Waals surface area (Å²) in [7, 11) is 1.93. The summed E-state index contributed by atoms with van der Waals surface area (Å²) in [5.41, 5.74) is 11.2. The lowest BCUT2D eigenvalue weighted by atomic mass is 10.1. The Balaban J connectivity index is 1.87. The summed E-state index contributed by atoms with van der Waals surface area (Å²) in [6.07, 6.45) is 0.751. The maximum Gasteiger partial charge on any atom is 0.408 e. The number of carbonyl (C=O) groups is 1. The quantitative estimate of drug-likeness (QED) is 0.476. The summed E-state index contributed by atoms with van der Waals surface area (Å²) >= 11 is 0. The minimum Gasteiger partial charge on any atom is -0.465 e. The van der Waals surface area contributed by atoms with Gasteiger partial charge in [0.05, 0.1) is 24.1 Å². The number of aromatic amines is 1. The van der Waals surface area contributed by atoms with Crippen LogP contribution >= 0.6 is 0 Å². The molecule has 0 atom stereocenters. The number of H-pyrrole nitrogens is 1. The molecule has 0 radical (unpaired) electrons. The van der Waals surface area contributed by atoms with E-state index in [9.17, 15) is 9.90 Å². The van der Waals surface area contributed by atoms with Crippen LogP contribution in [0.2, 0.25) is 0 Å². The summed E-state index contributed by atoms with van der Waals surface area (Å²) in [5, 5.41) is 10.7. The number of imidazole rings is 1. The van der Waals surface area contributed by atoms with E-state index in [0.29, 0.717) is 23.4 Å². The third-order valence-electron chi connectivity index (χ3n) is 5.36. The fraction of sp³-hybridized carbons (Fsp3) is 0.318. The summed E-state index contributed by atoms with van der Waals surface area (Å²) < 4.78 is 1.94. The zero-order valence-corrected chi connectivity index (χ0v) is 17.6. The van der Waals surface area contributed by atoms with Gasteiger partial charge in [0.25, 0.3) is 0 Å². The maximum atomic E-state index is 11.9. The first-order valence-corrected chi connectivity index (χ1v) is 9.81. The van der Waals surface area contributed by atoms with Gasteiger partial charge >= 0.3 is 6.09 Å². The van der Waals surface area contributed by atoms with Crippen molar-refractivity contribution in [2.75, 3.05) is 0 Å². The Hall–Kier alpha value is -3.39. The van der Waals surface area contributed by atoms with E-state index in [1.54, 1.807) is 6.33 Å². The lowest BCUT2D eigenvalue weighted by Gasteiger charge is -2.32. The predicted octanol–water partition coefficient (Wildman–Crippen LogP) is 3.85. The molecule has 0 saturated heterocycles. The average Bonchev–Trinajstić information content (AvgIpc) is 3.28. The van der Waals surface area contributed by atoms with Crippen molar-refractivity contribution in [2.45, 2.75) is 39.4 Å². The Bertz CT molecular complexity index is 1230. The van der Waals surface area contributed by atoms with Gasteiger partial charge in [0.15, 0.2) is 0 Å². The van der Waals surface area contributed by atoms with E-state index < -0.39 is 11.6 Å². The molecule has 0 bridgehead atoms. The van der Waals surface area contributed by atoms with Gasteiger partial charge in [-0.05, 0) is 38.0 Å². The highest BCUT2D eigenvalue weighted by molar-refractivity contribution is 6.04. The van der Waals surface area contributed by atoms with Crippen LogP contribution in [0.1, 0.15) is 32.0 Å². The largest absolute Gasteiger partial charge is 0.465 e. The van der Waals surface area contributed by atoms with Crippen LogP contribution in [-0.4, -0.2) is 41.2 Å². The van der Waals surface area contributed by atoms with Gasteiger partial charge in [-0.1, -0.05) is 24.3 Å². The standard InChI is InChI=1S/C22H26N6O2/c1-22(2,3)28(21(29)30)11-17-18-19(27(4)12-24-18)15-9-16(25-20(15)26-17)14-7-5-13(10-23)6-8-14/h5-9,12H,10-11,23H2,1-4H3,(H,25,26)(H,29,30). The smallest absolute Gasteiger partial charge is 0.408 e. The molecule has 0 unspecified atom stereocenters. The van der Waals surface area contributed by atoms with Crippen LogP contribution in [0.25, 0.3) is 33.3 Å². The zero-order chi connectivity index (χ0) is 21.6. The zero-order valence-electron chi connectivity index (χ0n) is 17.6. The average molecular weight is 406 g/mol. The van der Waals surface area contributed by atoms with Crippen molar-refractivity contribution >= 4 is 28.2 Å². The number of hydrogen-bond acceptors (Lipinski definition) is 4. The number of pyridine rings is 1. The second kappa shape index (κ2) is 7.14. The van der Waals surface area contributed by atoms with Crippen LogP contribution in [0.4, 0.5) is 4.79 Å². The first-order valence-electron chi connectivity index (χ1n) is 9.81. The van der Waals surface area contributed by atoms with Gasteiger partial charge in [0.2, 0.25) is 0 Å². The topological polar surface area (TPSA) is 113 Å². The number of nitrogens with one attached hydrogen (secondary N) is 1. The van der Waals surface area contributed by atoms with Crippen molar-refractivity contribution in [2.24, 2.45) is 12.8 Å². The number of fused-ring (bicyclic) bond motifs is 3. The number of aromatic nitrogens is 4. The molecule has 0 aliphatic rings. The molecule has 0 aliphatic heterocycles. The van der Waals surface area contributed by atoms with Gasteiger partial charge in [-0.15, -0.1) is 0 Å². The number of nitrogens with two attached hydrogens (primary N) is 1. The fourth-order valence-corrected chi connectivity index (χ4v) is 3.69. The van der Waals surface area contributed by atoms with Crippen LogP contribution in [0.3, 0.4) is 0 Å².